The molecule has 0 fully saturated rings. The van der Waals surface area contributed by atoms with Gasteiger partial charge in [0.1, 0.15) is 23.4 Å². The number of aromatic nitrogens is 1. The fraction of sp³-hybridized carbons (Fsp3) is 0.261. The van der Waals surface area contributed by atoms with Crippen molar-refractivity contribution in [2.45, 2.75) is 25.7 Å². The van der Waals surface area contributed by atoms with Gasteiger partial charge < -0.3 is 24.6 Å². The molecule has 180 valence electrons. The second-order valence-corrected chi connectivity index (χ2v) is 13.7. The Balaban J connectivity index is 1.97. The number of amides is 2. The Hall–Kier alpha value is -3.73. The lowest BCUT2D eigenvalue weighted by molar-refractivity contribution is -0.120. The number of rotatable bonds is 7. The summed E-state index contributed by atoms with van der Waals surface area (Å²) in [4.78, 5) is 27.2. The Labute approximate surface area is 196 Å². The van der Waals surface area contributed by atoms with Crippen LogP contribution < -0.4 is 15.2 Å². The molecule has 0 radical (unpaired) electrons. The highest BCUT2D eigenvalue weighted by atomic mass is 28.3. The number of benzene rings is 2. The SMILES string of the molecule is COc1ccc([C@H](C(=O)Nc2cc(F)c([Si](C)(C)C)c(F)c2)N(C)C(=O)c2cc(O)no2)cc1. The quantitative estimate of drug-likeness (QED) is 0.491. The zero-order valence-corrected chi connectivity index (χ0v) is 20.3. The molecule has 0 spiro atoms. The molecule has 0 saturated heterocycles. The van der Waals surface area contributed by atoms with Gasteiger partial charge in [-0.3, -0.25) is 9.59 Å². The molecule has 1 heterocycles. The van der Waals surface area contributed by atoms with E-state index >= 15 is 0 Å². The maximum Gasteiger partial charge on any atom is 0.293 e. The number of methoxy groups -OCH3 is 1. The highest BCUT2D eigenvalue weighted by molar-refractivity contribution is 6.88. The van der Waals surface area contributed by atoms with Crippen LogP contribution in [0.3, 0.4) is 0 Å². The molecule has 2 N–H and O–H groups in total. The van der Waals surface area contributed by atoms with E-state index in [0.29, 0.717) is 11.3 Å². The lowest BCUT2D eigenvalue weighted by atomic mass is 10.0. The number of nitrogens with zero attached hydrogens (tertiary/aromatic N) is 2. The van der Waals surface area contributed by atoms with E-state index in [0.717, 1.165) is 23.1 Å². The monoisotopic (exact) mass is 489 g/mol. The molecule has 0 aliphatic carbocycles. The summed E-state index contributed by atoms with van der Waals surface area (Å²) in [6, 6.07) is 8.31. The number of ether oxygens (including phenoxy) is 1. The van der Waals surface area contributed by atoms with Gasteiger partial charge in [0.2, 0.25) is 5.76 Å². The number of nitrogens with one attached hydrogen (secondary N) is 1. The number of hydrogen-bond donors (Lipinski definition) is 2. The molecule has 0 bridgehead atoms. The van der Waals surface area contributed by atoms with Crippen LogP contribution in [0.1, 0.15) is 22.2 Å². The van der Waals surface area contributed by atoms with Crippen molar-refractivity contribution in [3.05, 3.63) is 65.4 Å². The minimum atomic E-state index is -2.30. The molecular weight excluding hydrogens is 464 g/mol. The summed E-state index contributed by atoms with van der Waals surface area (Å²) in [6.45, 7) is 5.44. The molecule has 11 heteroatoms. The van der Waals surface area contributed by atoms with Crippen molar-refractivity contribution in [1.29, 1.82) is 0 Å². The molecule has 34 heavy (non-hydrogen) atoms. The maximum absolute atomic E-state index is 14.7. The van der Waals surface area contributed by atoms with E-state index in [-0.39, 0.29) is 16.6 Å². The maximum atomic E-state index is 14.7. The van der Waals surface area contributed by atoms with Crippen LogP contribution in [-0.2, 0) is 4.79 Å². The van der Waals surface area contributed by atoms with Gasteiger partial charge in [0.15, 0.2) is 0 Å². The van der Waals surface area contributed by atoms with E-state index in [9.17, 15) is 23.5 Å². The molecule has 2 amide bonds. The van der Waals surface area contributed by atoms with Gasteiger partial charge in [-0.1, -0.05) is 31.8 Å². The molecule has 0 unspecified atom stereocenters. The summed E-state index contributed by atoms with van der Waals surface area (Å²) in [5.41, 5.74) is 0.316. The Morgan fingerprint density at radius 1 is 1.12 bits per heavy atom. The van der Waals surface area contributed by atoms with Gasteiger partial charge in [0, 0.05) is 17.9 Å². The first-order chi connectivity index (χ1) is 15.9. The van der Waals surface area contributed by atoms with Crippen LogP contribution in [0.2, 0.25) is 19.6 Å². The van der Waals surface area contributed by atoms with Crippen molar-refractivity contribution in [1.82, 2.24) is 10.1 Å². The molecule has 2 aromatic carbocycles. The van der Waals surface area contributed by atoms with Crippen molar-refractivity contribution in [3.63, 3.8) is 0 Å². The summed E-state index contributed by atoms with van der Waals surface area (Å²) >= 11 is 0. The smallest absolute Gasteiger partial charge is 0.293 e. The Kier molecular flexibility index (Phi) is 7.06. The second-order valence-electron chi connectivity index (χ2n) is 8.70. The van der Waals surface area contributed by atoms with Crippen molar-refractivity contribution in [2.75, 3.05) is 19.5 Å². The molecule has 0 aliphatic rings. The van der Waals surface area contributed by atoms with Crippen molar-refractivity contribution in [3.8, 4) is 11.6 Å². The van der Waals surface area contributed by atoms with Crippen LogP contribution in [0.4, 0.5) is 14.5 Å². The molecule has 0 aliphatic heterocycles. The van der Waals surface area contributed by atoms with E-state index in [2.05, 4.69) is 10.5 Å². The number of likely N-dealkylation sites (N-methyl/N-ethyl adjacent to an activating group) is 1. The van der Waals surface area contributed by atoms with Gasteiger partial charge >= 0.3 is 0 Å². The Morgan fingerprint density at radius 3 is 2.18 bits per heavy atom. The number of aromatic hydroxyl groups is 1. The van der Waals surface area contributed by atoms with Crippen LogP contribution >= 0.6 is 0 Å². The summed E-state index contributed by atoms with van der Waals surface area (Å²) in [6.07, 6.45) is 0. The number of anilines is 1. The number of carbonyl (C=O) groups is 2. The standard InChI is InChI=1S/C23H25F2N3O5Si/c1-28(23(31)18-12-19(29)27-33-18)20(13-6-8-15(32-2)9-7-13)22(30)26-14-10-16(24)21(17(25)11-14)34(3,4)5/h6-12,20H,1-5H3,(H,26,30)(H,27,29)/t20-/m1/s1. The topological polar surface area (TPSA) is 105 Å². The third-order valence-electron chi connectivity index (χ3n) is 5.16. The highest BCUT2D eigenvalue weighted by Gasteiger charge is 2.32. The second kappa shape index (κ2) is 9.63. The molecule has 0 saturated carbocycles. The van der Waals surface area contributed by atoms with Gasteiger partial charge in [-0.15, -0.1) is 0 Å². The Morgan fingerprint density at radius 2 is 1.71 bits per heavy atom. The first-order valence-corrected chi connectivity index (χ1v) is 13.8. The summed E-state index contributed by atoms with van der Waals surface area (Å²) in [7, 11) is 0.536. The van der Waals surface area contributed by atoms with Crippen molar-refractivity contribution >= 4 is 30.8 Å². The van der Waals surface area contributed by atoms with E-state index in [1.165, 1.54) is 14.2 Å². The zero-order chi connectivity index (χ0) is 25.2. The summed E-state index contributed by atoms with van der Waals surface area (Å²) < 4.78 is 39.3. The third kappa shape index (κ3) is 5.25. The fourth-order valence-electron chi connectivity index (χ4n) is 3.57. The van der Waals surface area contributed by atoms with Crippen LogP contribution in [0.5, 0.6) is 11.6 Å². The van der Waals surface area contributed by atoms with Crippen molar-refractivity contribution < 1.29 is 32.7 Å². The van der Waals surface area contributed by atoms with Crippen LogP contribution in [0, 0.1) is 11.6 Å². The molecular formula is C23H25F2N3O5Si. The number of hydrogen-bond acceptors (Lipinski definition) is 6. The molecule has 1 aromatic heterocycles. The first kappa shape index (κ1) is 24.9. The minimum absolute atomic E-state index is 0.0367. The predicted molar refractivity (Wildman–Crippen MR) is 124 cm³/mol. The zero-order valence-electron chi connectivity index (χ0n) is 19.3. The predicted octanol–water partition coefficient (Wildman–Crippen LogP) is 3.66. The van der Waals surface area contributed by atoms with Gasteiger partial charge in [-0.05, 0) is 35.0 Å². The minimum Gasteiger partial charge on any atom is -0.497 e. The normalized spacial score (nSPS) is 12.2. The average molecular weight is 490 g/mol. The molecule has 3 rings (SSSR count). The van der Waals surface area contributed by atoms with E-state index < -0.39 is 43.4 Å². The summed E-state index contributed by atoms with van der Waals surface area (Å²) in [5, 5.41) is 15.2. The number of halogens is 2. The van der Waals surface area contributed by atoms with Crippen LogP contribution in [0.15, 0.2) is 47.0 Å². The van der Waals surface area contributed by atoms with E-state index in [4.69, 9.17) is 9.26 Å². The van der Waals surface area contributed by atoms with Gasteiger partial charge in [-0.25, -0.2) is 8.78 Å². The van der Waals surface area contributed by atoms with E-state index in [1.54, 1.807) is 24.3 Å². The Bertz CT molecular complexity index is 1190. The van der Waals surface area contributed by atoms with Crippen molar-refractivity contribution in [2.24, 2.45) is 0 Å². The molecule has 8 nitrogen and oxygen atoms in total. The van der Waals surface area contributed by atoms with Crippen LogP contribution in [0.25, 0.3) is 0 Å². The first-order valence-electron chi connectivity index (χ1n) is 10.3. The van der Waals surface area contributed by atoms with Gasteiger partial charge in [0.25, 0.3) is 17.7 Å². The number of carbonyl (C=O) groups excluding carboxylic acids is 2. The molecule has 1 atom stereocenters. The van der Waals surface area contributed by atoms with Gasteiger partial charge in [0.05, 0.1) is 21.3 Å². The summed E-state index contributed by atoms with van der Waals surface area (Å²) in [5.74, 6) is -3.18. The molecule has 3 aromatic rings. The van der Waals surface area contributed by atoms with E-state index in [1.807, 2.05) is 19.6 Å². The average Bonchev–Trinajstić information content (AvgIpc) is 3.18. The third-order valence-corrected chi connectivity index (χ3v) is 7.13. The van der Waals surface area contributed by atoms with Gasteiger partial charge in [-0.2, -0.15) is 0 Å². The fourth-order valence-corrected chi connectivity index (χ4v) is 5.14. The lowest BCUT2D eigenvalue weighted by Crippen LogP contribution is -2.42. The van der Waals surface area contributed by atoms with Crippen LogP contribution in [-0.4, -0.2) is 49.2 Å². The lowest BCUT2D eigenvalue weighted by Gasteiger charge is -2.27. The highest BCUT2D eigenvalue weighted by Crippen LogP contribution is 2.27. The largest absolute Gasteiger partial charge is 0.497 e.